The maximum Gasteiger partial charge on any atom is 0.307 e. The molecule has 0 aromatic carbocycles. The maximum atomic E-state index is 11.5. The first-order chi connectivity index (χ1) is 8.18. The van der Waals surface area contributed by atoms with Gasteiger partial charge in [0.2, 0.25) is 5.91 Å². The number of carboxylic acids is 1. The van der Waals surface area contributed by atoms with Crippen LogP contribution >= 0.6 is 0 Å². The van der Waals surface area contributed by atoms with Crippen molar-refractivity contribution in [2.24, 2.45) is 11.8 Å². The summed E-state index contributed by atoms with van der Waals surface area (Å²) in [6.45, 7) is 0.558. The van der Waals surface area contributed by atoms with Gasteiger partial charge in [-0.25, -0.2) is 4.98 Å². The largest absolute Gasteiger partial charge is 0.481 e. The fourth-order valence-electron chi connectivity index (χ4n) is 1.79. The van der Waals surface area contributed by atoms with Crippen molar-refractivity contribution in [1.82, 2.24) is 15.3 Å². The van der Waals surface area contributed by atoms with E-state index in [-0.39, 0.29) is 11.8 Å². The minimum atomic E-state index is -0.874. The van der Waals surface area contributed by atoms with E-state index < -0.39 is 11.9 Å². The van der Waals surface area contributed by atoms with Crippen LogP contribution in [0.25, 0.3) is 0 Å². The molecule has 1 aromatic heterocycles. The first kappa shape index (κ1) is 11.6. The minimum absolute atomic E-state index is 0.142. The van der Waals surface area contributed by atoms with Gasteiger partial charge in [0.05, 0.1) is 11.8 Å². The third-order valence-corrected chi connectivity index (χ3v) is 2.89. The van der Waals surface area contributed by atoms with Crippen LogP contribution in [0.1, 0.15) is 18.7 Å². The fraction of sp³-hybridized carbons (Fsp3) is 0.545. The number of rotatable bonds is 6. The highest BCUT2D eigenvalue weighted by atomic mass is 16.4. The molecule has 1 heterocycles. The number of hydrogen-bond acceptors (Lipinski definition) is 3. The molecule has 92 valence electrons. The summed E-state index contributed by atoms with van der Waals surface area (Å²) in [5.41, 5.74) is 0. The van der Waals surface area contributed by atoms with Gasteiger partial charge in [0.25, 0.3) is 0 Å². The number of aromatic nitrogens is 2. The van der Waals surface area contributed by atoms with Crippen LogP contribution in [0.2, 0.25) is 0 Å². The summed E-state index contributed by atoms with van der Waals surface area (Å²) in [5.74, 6) is -0.914. The number of H-pyrrole nitrogens is 1. The van der Waals surface area contributed by atoms with Crippen LogP contribution in [-0.2, 0) is 16.0 Å². The van der Waals surface area contributed by atoms with Crippen LogP contribution in [0, 0.1) is 11.8 Å². The number of carboxylic acid groups (broad SMARTS) is 1. The molecule has 0 saturated heterocycles. The lowest BCUT2D eigenvalue weighted by Crippen LogP contribution is -2.27. The van der Waals surface area contributed by atoms with Gasteiger partial charge in [-0.15, -0.1) is 0 Å². The lowest BCUT2D eigenvalue weighted by molar-refractivity contribution is -0.140. The Labute approximate surface area is 98.4 Å². The SMILES string of the molecule is O=C(O)[C@H]1C[C@H]1C(=O)NCCCc1ncc[nH]1. The van der Waals surface area contributed by atoms with Gasteiger partial charge >= 0.3 is 5.97 Å². The highest BCUT2D eigenvalue weighted by molar-refractivity contribution is 5.89. The summed E-state index contributed by atoms with van der Waals surface area (Å²) in [6, 6.07) is 0. The van der Waals surface area contributed by atoms with E-state index >= 15 is 0 Å². The molecule has 6 nitrogen and oxygen atoms in total. The van der Waals surface area contributed by atoms with Crippen molar-refractivity contribution >= 4 is 11.9 Å². The predicted molar refractivity (Wildman–Crippen MR) is 59.2 cm³/mol. The van der Waals surface area contributed by atoms with Crippen LogP contribution in [0.15, 0.2) is 12.4 Å². The summed E-state index contributed by atoms with van der Waals surface area (Å²) in [4.78, 5) is 29.1. The molecule has 17 heavy (non-hydrogen) atoms. The number of carbonyl (C=O) groups is 2. The monoisotopic (exact) mass is 237 g/mol. The Kier molecular flexibility index (Phi) is 3.41. The Morgan fingerprint density at radius 3 is 2.94 bits per heavy atom. The van der Waals surface area contributed by atoms with E-state index in [9.17, 15) is 9.59 Å². The molecule has 0 aliphatic heterocycles. The Balaban J connectivity index is 1.60. The number of amides is 1. The molecule has 1 aromatic rings. The highest BCUT2D eigenvalue weighted by Gasteiger charge is 2.48. The van der Waals surface area contributed by atoms with Crippen molar-refractivity contribution in [2.45, 2.75) is 19.3 Å². The smallest absolute Gasteiger partial charge is 0.307 e. The van der Waals surface area contributed by atoms with E-state index in [1.807, 2.05) is 0 Å². The molecule has 0 spiro atoms. The molecule has 2 rings (SSSR count). The van der Waals surface area contributed by atoms with Crippen molar-refractivity contribution in [3.63, 3.8) is 0 Å². The molecule has 1 amide bonds. The molecule has 1 fully saturated rings. The third kappa shape index (κ3) is 3.05. The molecule has 1 aliphatic carbocycles. The number of nitrogens with one attached hydrogen (secondary N) is 2. The first-order valence-electron chi connectivity index (χ1n) is 5.67. The van der Waals surface area contributed by atoms with Crippen LogP contribution in [-0.4, -0.2) is 33.5 Å². The van der Waals surface area contributed by atoms with Crippen molar-refractivity contribution in [1.29, 1.82) is 0 Å². The quantitative estimate of drug-likeness (QED) is 0.615. The van der Waals surface area contributed by atoms with Gasteiger partial charge in [0.15, 0.2) is 0 Å². The second-order valence-electron chi connectivity index (χ2n) is 4.22. The summed E-state index contributed by atoms with van der Waals surface area (Å²) >= 11 is 0. The highest BCUT2D eigenvalue weighted by Crippen LogP contribution is 2.38. The van der Waals surface area contributed by atoms with Crippen LogP contribution < -0.4 is 5.32 Å². The average Bonchev–Trinajstić information content (AvgIpc) is 2.95. The zero-order valence-corrected chi connectivity index (χ0v) is 9.35. The predicted octanol–water partition coefficient (Wildman–Crippen LogP) is 0.179. The van der Waals surface area contributed by atoms with Crippen molar-refractivity contribution in [3.8, 4) is 0 Å². The number of imidazole rings is 1. The average molecular weight is 237 g/mol. The minimum Gasteiger partial charge on any atom is -0.481 e. The number of aryl methyl sites for hydroxylation is 1. The number of hydrogen-bond donors (Lipinski definition) is 3. The lowest BCUT2D eigenvalue weighted by Gasteiger charge is -2.03. The Bertz CT molecular complexity index is 402. The third-order valence-electron chi connectivity index (χ3n) is 2.89. The summed E-state index contributed by atoms with van der Waals surface area (Å²) in [7, 11) is 0. The zero-order chi connectivity index (χ0) is 12.3. The lowest BCUT2D eigenvalue weighted by atomic mass is 10.2. The van der Waals surface area contributed by atoms with Crippen LogP contribution in [0.4, 0.5) is 0 Å². The molecule has 0 bridgehead atoms. The second kappa shape index (κ2) is 4.99. The van der Waals surface area contributed by atoms with Gasteiger partial charge in [-0.1, -0.05) is 0 Å². The van der Waals surface area contributed by atoms with E-state index in [1.165, 1.54) is 0 Å². The van der Waals surface area contributed by atoms with E-state index in [4.69, 9.17) is 5.11 Å². The van der Waals surface area contributed by atoms with E-state index in [0.29, 0.717) is 13.0 Å². The molecular formula is C11H15N3O3. The van der Waals surface area contributed by atoms with Gasteiger partial charge < -0.3 is 15.4 Å². The second-order valence-corrected chi connectivity index (χ2v) is 4.22. The fourth-order valence-corrected chi connectivity index (χ4v) is 1.79. The topological polar surface area (TPSA) is 95.1 Å². The molecule has 6 heteroatoms. The molecule has 0 unspecified atom stereocenters. The number of carbonyl (C=O) groups excluding carboxylic acids is 1. The zero-order valence-electron chi connectivity index (χ0n) is 9.35. The van der Waals surface area contributed by atoms with E-state index in [2.05, 4.69) is 15.3 Å². The number of aliphatic carboxylic acids is 1. The molecule has 2 atom stereocenters. The summed E-state index contributed by atoms with van der Waals surface area (Å²) in [6.07, 6.45) is 5.49. The molecule has 3 N–H and O–H groups in total. The van der Waals surface area contributed by atoms with Crippen LogP contribution in [0.5, 0.6) is 0 Å². The first-order valence-corrected chi connectivity index (χ1v) is 5.67. The van der Waals surface area contributed by atoms with Gasteiger partial charge in [0, 0.05) is 25.4 Å². The van der Waals surface area contributed by atoms with Gasteiger partial charge in [0.1, 0.15) is 5.82 Å². The van der Waals surface area contributed by atoms with Crippen molar-refractivity contribution < 1.29 is 14.7 Å². The standard InChI is InChI=1S/C11H15N3O3/c15-10(7-6-8(7)11(16)17)14-3-1-2-9-12-4-5-13-9/h4-5,7-8H,1-3,6H2,(H,12,13)(H,14,15)(H,16,17)/t7-,8+/m1/s1. The Morgan fingerprint density at radius 1 is 1.53 bits per heavy atom. The molecular weight excluding hydrogens is 222 g/mol. The van der Waals surface area contributed by atoms with Gasteiger partial charge in [-0.2, -0.15) is 0 Å². The molecule has 1 saturated carbocycles. The molecule has 0 radical (unpaired) electrons. The number of aromatic amines is 1. The van der Waals surface area contributed by atoms with Gasteiger partial charge in [-0.3, -0.25) is 9.59 Å². The van der Waals surface area contributed by atoms with E-state index in [0.717, 1.165) is 18.7 Å². The van der Waals surface area contributed by atoms with Gasteiger partial charge in [-0.05, 0) is 12.8 Å². The van der Waals surface area contributed by atoms with Crippen molar-refractivity contribution in [3.05, 3.63) is 18.2 Å². The Morgan fingerprint density at radius 2 is 2.35 bits per heavy atom. The normalized spacial score (nSPS) is 22.1. The van der Waals surface area contributed by atoms with Crippen molar-refractivity contribution in [2.75, 3.05) is 6.54 Å². The summed E-state index contributed by atoms with van der Waals surface area (Å²) in [5, 5.41) is 11.4. The molecule has 1 aliphatic rings. The van der Waals surface area contributed by atoms with E-state index in [1.54, 1.807) is 12.4 Å². The maximum absolute atomic E-state index is 11.5. The van der Waals surface area contributed by atoms with Crippen LogP contribution in [0.3, 0.4) is 0 Å². The Hall–Kier alpha value is -1.85. The summed E-state index contributed by atoms with van der Waals surface area (Å²) < 4.78 is 0. The number of nitrogens with zero attached hydrogens (tertiary/aromatic N) is 1.